The number of ketones is 1. The Bertz CT molecular complexity index is 310. The van der Waals surface area contributed by atoms with Gasteiger partial charge in [0.1, 0.15) is 5.78 Å². The van der Waals surface area contributed by atoms with Gasteiger partial charge in [0.05, 0.1) is 0 Å². The summed E-state index contributed by atoms with van der Waals surface area (Å²) in [6, 6.07) is 0. The molecule has 0 bridgehead atoms. The van der Waals surface area contributed by atoms with Gasteiger partial charge < -0.3 is 0 Å². The van der Waals surface area contributed by atoms with Gasteiger partial charge in [-0.2, -0.15) is 0 Å². The molecule has 1 nitrogen and oxygen atoms in total. The van der Waals surface area contributed by atoms with Crippen LogP contribution in [0.3, 0.4) is 0 Å². The van der Waals surface area contributed by atoms with Crippen LogP contribution in [-0.4, -0.2) is 5.78 Å². The van der Waals surface area contributed by atoms with E-state index in [1.165, 1.54) is 19.3 Å². The number of carbonyl (C=O) groups excluding carboxylic acids is 1. The van der Waals surface area contributed by atoms with Crippen LogP contribution in [0.5, 0.6) is 0 Å². The monoisotopic (exact) mass is 250 g/mol. The number of Topliss-reactive ketones (excluding diaryl/α,β-unsaturated/α-hetero) is 1. The largest absolute Gasteiger partial charge is 0.300 e. The molecule has 0 radical (unpaired) electrons. The number of hydrogen-bond acceptors (Lipinski definition) is 1. The highest BCUT2D eigenvalue weighted by molar-refractivity contribution is 5.79. The highest BCUT2D eigenvalue weighted by Gasteiger charge is 2.46. The van der Waals surface area contributed by atoms with Gasteiger partial charge in [0.2, 0.25) is 0 Å². The van der Waals surface area contributed by atoms with Crippen LogP contribution in [0.15, 0.2) is 0 Å². The summed E-state index contributed by atoms with van der Waals surface area (Å²) in [5.74, 6) is 4.48. The zero-order chi connectivity index (χ0) is 13.5. The van der Waals surface area contributed by atoms with Crippen LogP contribution < -0.4 is 0 Å². The van der Waals surface area contributed by atoms with Crippen LogP contribution in [-0.2, 0) is 4.79 Å². The van der Waals surface area contributed by atoms with E-state index in [2.05, 4.69) is 34.6 Å². The van der Waals surface area contributed by atoms with E-state index in [1.807, 2.05) is 0 Å². The molecule has 0 aromatic rings. The molecule has 2 saturated carbocycles. The average Bonchev–Trinajstić information content (AvgIpc) is 2.25. The van der Waals surface area contributed by atoms with Crippen molar-refractivity contribution < 1.29 is 4.79 Å². The van der Waals surface area contributed by atoms with Crippen molar-refractivity contribution in [1.29, 1.82) is 0 Å². The molecule has 2 aliphatic rings. The fourth-order valence-electron chi connectivity index (χ4n) is 4.79. The van der Waals surface area contributed by atoms with Crippen LogP contribution in [0.2, 0.25) is 0 Å². The summed E-state index contributed by atoms with van der Waals surface area (Å²) in [7, 11) is 0. The third-order valence-corrected chi connectivity index (χ3v) is 5.54. The molecule has 2 aliphatic carbocycles. The summed E-state index contributed by atoms with van der Waals surface area (Å²) >= 11 is 0. The zero-order valence-electron chi connectivity index (χ0n) is 12.8. The molecule has 0 heterocycles. The first-order valence-electron chi connectivity index (χ1n) is 7.82. The Labute approximate surface area is 113 Å². The van der Waals surface area contributed by atoms with E-state index < -0.39 is 0 Å². The molecule has 2 rings (SSSR count). The Kier molecular flexibility index (Phi) is 3.90. The van der Waals surface area contributed by atoms with Gasteiger partial charge in [-0.3, -0.25) is 4.79 Å². The van der Waals surface area contributed by atoms with Gasteiger partial charge in [0.25, 0.3) is 0 Å². The van der Waals surface area contributed by atoms with Crippen molar-refractivity contribution in [1.82, 2.24) is 0 Å². The van der Waals surface area contributed by atoms with E-state index in [9.17, 15) is 4.79 Å². The number of hydrogen-bond donors (Lipinski definition) is 0. The molecule has 0 amide bonds. The third-order valence-electron chi connectivity index (χ3n) is 5.54. The van der Waals surface area contributed by atoms with Crippen LogP contribution in [0.25, 0.3) is 0 Å². The molecule has 1 heteroatoms. The van der Waals surface area contributed by atoms with Crippen LogP contribution in [0, 0.1) is 35.0 Å². The predicted octanol–water partition coefficient (Wildman–Crippen LogP) is 4.70. The maximum atomic E-state index is 11.7. The van der Waals surface area contributed by atoms with Gasteiger partial charge in [-0.05, 0) is 54.3 Å². The summed E-state index contributed by atoms with van der Waals surface area (Å²) in [6.07, 6.45) is 5.52. The highest BCUT2D eigenvalue weighted by atomic mass is 16.1. The Morgan fingerprint density at radius 3 is 2.33 bits per heavy atom. The van der Waals surface area contributed by atoms with Crippen molar-refractivity contribution in [2.24, 2.45) is 35.0 Å². The average molecular weight is 250 g/mol. The van der Waals surface area contributed by atoms with Crippen molar-refractivity contribution in [3.63, 3.8) is 0 Å². The Balaban J connectivity index is 2.21. The second-order valence-corrected chi connectivity index (χ2v) is 8.08. The van der Waals surface area contributed by atoms with E-state index in [4.69, 9.17) is 0 Å². The lowest BCUT2D eigenvalue weighted by Crippen LogP contribution is -2.45. The molecule has 4 unspecified atom stereocenters. The lowest BCUT2D eigenvalue weighted by molar-refractivity contribution is -0.126. The molecular weight excluding hydrogens is 220 g/mol. The maximum Gasteiger partial charge on any atom is 0.133 e. The Morgan fingerprint density at radius 1 is 1.11 bits per heavy atom. The third kappa shape index (κ3) is 2.65. The first-order valence-corrected chi connectivity index (χ1v) is 7.82. The van der Waals surface area contributed by atoms with Gasteiger partial charge in [-0.1, -0.05) is 34.6 Å². The van der Waals surface area contributed by atoms with Crippen molar-refractivity contribution >= 4 is 5.78 Å². The van der Waals surface area contributed by atoms with Crippen LogP contribution in [0.4, 0.5) is 0 Å². The van der Waals surface area contributed by atoms with Crippen LogP contribution in [0.1, 0.15) is 66.7 Å². The molecule has 4 atom stereocenters. The first-order chi connectivity index (χ1) is 8.30. The Morgan fingerprint density at radius 2 is 1.78 bits per heavy atom. The van der Waals surface area contributed by atoms with E-state index in [0.717, 1.165) is 36.5 Å². The van der Waals surface area contributed by atoms with Gasteiger partial charge in [0.15, 0.2) is 0 Å². The minimum atomic E-state index is 0.418. The van der Waals surface area contributed by atoms with Crippen molar-refractivity contribution in [3.05, 3.63) is 0 Å². The normalized spacial score (nSPS) is 37.8. The van der Waals surface area contributed by atoms with Crippen molar-refractivity contribution in [2.75, 3.05) is 0 Å². The Hall–Kier alpha value is -0.330. The summed E-state index contributed by atoms with van der Waals surface area (Å²) in [5.41, 5.74) is 0.418. The van der Waals surface area contributed by atoms with Gasteiger partial charge >= 0.3 is 0 Å². The molecule has 2 fully saturated rings. The fraction of sp³-hybridized carbons (Fsp3) is 0.941. The summed E-state index contributed by atoms with van der Waals surface area (Å²) in [6.45, 7) is 12.0. The molecule has 0 N–H and O–H groups in total. The SMILES string of the molecule is CC(C)C1C2CCC(=O)CC2CCC1C(C)(C)C. The number of carbonyl (C=O) groups is 1. The standard InChI is InChI=1S/C17H30O/c1-11(2)16-14-8-7-13(18)10-12(14)6-9-15(16)17(3,4)5/h11-12,14-16H,6-10H2,1-5H3. The van der Waals surface area contributed by atoms with E-state index in [1.54, 1.807) is 0 Å². The van der Waals surface area contributed by atoms with Crippen molar-refractivity contribution in [3.8, 4) is 0 Å². The molecule has 0 spiro atoms. The number of fused-ring (bicyclic) bond motifs is 1. The minimum absolute atomic E-state index is 0.418. The molecule has 0 aromatic carbocycles. The summed E-state index contributed by atoms with van der Waals surface area (Å²) < 4.78 is 0. The lowest BCUT2D eigenvalue weighted by Gasteiger charge is -2.51. The van der Waals surface area contributed by atoms with E-state index in [-0.39, 0.29) is 0 Å². The predicted molar refractivity (Wildman–Crippen MR) is 76.3 cm³/mol. The number of rotatable bonds is 1. The molecular formula is C17H30O. The lowest BCUT2D eigenvalue weighted by atomic mass is 9.53. The first kappa shape index (κ1) is 14.1. The second-order valence-electron chi connectivity index (χ2n) is 8.08. The van der Waals surface area contributed by atoms with E-state index >= 15 is 0 Å². The molecule has 18 heavy (non-hydrogen) atoms. The maximum absolute atomic E-state index is 11.7. The quantitative estimate of drug-likeness (QED) is 0.659. The topological polar surface area (TPSA) is 17.1 Å². The summed E-state index contributed by atoms with van der Waals surface area (Å²) in [4.78, 5) is 11.7. The minimum Gasteiger partial charge on any atom is -0.300 e. The van der Waals surface area contributed by atoms with Gasteiger partial charge in [0, 0.05) is 12.8 Å². The van der Waals surface area contributed by atoms with Crippen molar-refractivity contribution in [2.45, 2.75) is 66.7 Å². The van der Waals surface area contributed by atoms with Gasteiger partial charge in [-0.15, -0.1) is 0 Å². The smallest absolute Gasteiger partial charge is 0.133 e. The highest BCUT2D eigenvalue weighted by Crippen LogP contribution is 2.53. The van der Waals surface area contributed by atoms with Gasteiger partial charge in [-0.25, -0.2) is 0 Å². The second kappa shape index (κ2) is 4.98. The fourth-order valence-corrected chi connectivity index (χ4v) is 4.79. The molecule has 104 valence electrons. The molecule has 0 aliphatic heterocycles. The zero-order valence-corrected chi connectivity index (χ0v) is 12.8. The molecule has 0 saturated heterocycles. The molecule has 0 aromatic heterocycles. The van der Waals surface area contributed by atoms with Crippen LogP contribution >= 0.6 is 0 Å². The van der Waals surface area contributed by atoms with E-state index in [0.29, 0.717) is 17.1 Å². The summed E-state index contributed by atoms with van der Waals surface area (Å²) in [5, 5.41) is 0.